The van der Waals surface area contributed by atoms with E-state index in [9.17, 15) is 22.8 Å². The second kappa shape index (κ2) is 9.37. The molecule has 1 aliphatic carbocycles. The first kappa shape index (κ1) is 25.9. The van der Waals surface area contributed by atoms with Gasteiger partial charge in [0.1, 0.15) is 0 Å². The van der Waals surface area contributed by atoms with Crippen LogP contribution in [0.15, 0.2) is 12.3 Å². The van der Waals surface area contributed by atoms with Crippen LogP contribution in [-0.4, -0.2) is 69.3 Å². The molecule has 2 amide bonds. The van der Waals surface area contributed by atoms with E-state index >= 15 is 0 Å². The number of hydrogen-bond donors (Lipinski definition) is 0. The molecule has 2 aliphatic heterocycles. The molecule has 4 rings (SSSR count). The smallest absolute Gasteiger partial charge is 0.337 e. The summed E-state index contributed by atoms with van der Waals surface area (Å²) < 4.78 is 39.7. The lowest BCUT2D eigenvalue weighted by Gasteiger charge is -2.47. The quantitative estimate of drug-likeness (QED) is 0.635. The highest BCUT2D eigenvalue weighted by atomic mass is 19.4. The van der Waals surface area contributed by atoms with Gasteiger partial charge in [0.2, 0.25) is 11.8 Å². The van der Waals surface area contributed by atoms with Gasteiger partial charge in [0, 0.05) is 69.5 Å². The maximum Gasteiger partial charge on any atom is 0.417 e. The van der Waals surface area contributed by atoms with Gasteiger partial charge in [0.15, 0.2) is 0 Å². The summed E-state index contributed by atoms with van der Waals surface area (Å²) in [6.07, 6.45) is -0.665. The van der Waals surface area contributed by atoms with Gasteiger partial charge in [0.05, 0.1) is 11.0 Å². The number of pyridine rings is 1. The van der Waals surface area contributed by atoms with Crippen LogP contribution in [0.2, 0.25) is 0 Å². The van der Waals surface area contributed by atoms with Crippen LogP contribution < -0.4 is 0 Å². The van der Waals surface area contributed by atoms with Crippen molar-refractivity contribution in [2.45, 2.75) is 91.1 Å². The highest BCUT2D eigenvalue weighted by molar-refractivity contribution is 5.84. The molecule has 1 aromatic heterocycles. The largest absolute Gasteiger partial charge is 0.417 e. The van der Waals surface area contributed by atoms with Crippen molar-refractivity contribution >= 4 is 11.8 Å². The van der Waals surface area contributed by atoms with Gasteiger partial charge >= 0.3 is 6.18 Å². The van der Waals surface area contributed by atoms with Crippen LogP contribution in [0.5, 0.6) is 0 Å². The van der Waals surface area contributed by atoms with E-state index in [0.29, 0.717) is 24.2 Å². The van der Waals surface area contributed by atoms with Gasteiger partial charge in [-0.05, 0) is 50.7 Å². The van der Waals surface area contributed by atoms with Gasteiger partial charge in [-0.15, -0.1) is 0 Å². The van der Waals surface area contributed by atoms with Gasteiger partial charge < -0.3 is 9.80 Å². The molecule has 0 spiro atoms. The normalized spacial score (nSPS) is 30.0. The molecule has 3 aliphatic rings. The summed E-state index contributed by atoms with van der Waals surface area (Å²) in [4.78, 5) is 36.2. The fourth-order valence-electron chi connectivity index (χ4n) is 6.68. The Balaban J connectivity index is 1.51. The van der Waals surface area contributed by atoms with Gasteiger partial charge in [-0.3, -0.25) is 19.5 Å². The Hall–Kier alpha value is -2.16. The van der Waals surface area contributed by atoms with E-state index in [0.717, 1.165) is 44.6 Å². The number of fused-ring (bicyclic) bond motifs is 1. The van der Waals surface area contributed by atoms with E-state index in [1.807, 2.05) is 4.90 Å². The Labute approximate surface area is 205 Å². The second-order valence-electron chi connectivity index (χ2n) is 11.1. The van der Waals surface area contributed by atoms with Crippen LogP contribution in [0.4, 0.5) is 13.2 Å². The topological polar surface area (TPSA) is 56.8 Å². The van der Waals surface area contributed by atoms with Crippen LogP contribution in [-0.2, 0) is 28.7 Å². The number of halogens is 3. The molecular weight excluding hydrogens is 457 g/mol. The number of carbonyl (C=O) groups is 2. The van der Waals surface area contributed by atoms with Gasteiger partial charge in [-0.1, -0.05) is 13.8 Å². The Kier molecular flexibility index (Phi) is 6.94. The third-order valence-corrected chi connectivity index (χ3v) is 8.54. The number of hydrogen-bond acceptors (Lipinski definition) is 4. The Morgan fingerprint density at radius 3 is 2.40 bits per heavy atom. The fraction of sp³-hybridized carbons (Fsp3) is 0.731. The standard InChI is InChI=1S/C26H37F3N4O2/c1-16(2)25(8-6-22(11-25)32-13-17(3)33(19(5)34)18(4)14-32)24(35)31-9-7-23-20(15-31)10-21(12-30-23)26(27,28)29/h10,12,16-18,22H,6-9,11,13-15H2,1-5H3/t17?,18?,22-,25+/m1/s1. The first-order chi connectivity index (χ1) is 16.3. The molecule has 0 N–H and O–H groups in total. The average Bonchev–Trinajstić information content (AvgIpc) is 3.23. The SMILES string of the molecule is CC(=O)N1C(C)CN([C@@H]2CC[C@@](C(=O)N3CCc4ncc(C(F)(F)F)cc4C3)(C(C)C)C2)CC1C. The summed E-state index contributed by atoms with van der Waals surface area (Å²) in [5.41, 5.74) is -0.147. The van der Waals surface area contributed by atoms with Crippen molar-refractivity contribution in [1.29, 1.82) is 0 Å². The number of carbonyl (C=O) groups excluding carboxylic acids is 2. The number of alkyl halides is 3. The molecule has 0 bridgehead atoms. The molecule has 2 fully saturated rings. The second-order valence-corrected chi connectivity index (χ2v) is 11.1. The Morgan fingerprint density at radius 2 is 1.83 bits per heavy atom. The summed E-state index contributed by atoms with van der Waals surface area (Å²) in [5, 5.41) is 0. The van der Waals surface area contributed by atoms with Crippen molar-refractivity contribution < 1.29 is 22.8 Å². The molecule has 1 saturated heterocycles. The molecule has 1 saturated carbocycles. The third-order valence-electron chi connectivity index (χ3n) is 8.54. The maximum absolute atomic E-state index is 14.0. The molecule has 35 heavy (non-hydrogen) atoms. The van der Waals surface area contributed by atoms with Crippen molar-refractivity contribution in [1.82, 2.24) is 19.7 Å². The van der Waals surface area contributed by atoms with Crippen LogP contribution in [0.25, 0.3) is 0 Å². The molecule has 194 valence electrons. The summed E-state index contributed by atoms with van der Waals surface area (Å²) in [6.45, 7) is 12.2. The lowest BCUT2D eigenvalue weighted by molar-refractivity contribution is -0.146. The molecular formula is C26H37F3N4O2. The molecule has 2 unspecified atom stereocenters. The molecule has 9 heteroatoms. The lowest BCUT2D eigenvalue weighted by atomic mass is 9.73. The molecule has 4 atom stereocenters. The summed E-state index contributed by atoms with van der Waals surface area (Å²) in [7, 11) is 0. The van der Waals surface area contributed by atoms with E-state index in [2.05, 4.69) is 37.6 Å². The third kappa shape index (κ3) is 4.80. The van der Waals surface area contributed by atoms with Crippen LogP contribution >= 0.6 is 0 Å². The van der Waals surface area contributed by atoms with E-state index in [1.165, 1.54) is 0 Å². The van der Waals surface area contributed by atoms with Gasteiger partial charge in [0.25, 0.3) is 0 Å². The van der Waals surface area contributed by atoms with Crippen LogP contribution in [0.3, 0.4) is 0 Å². The molecule has 0 aromatic carbocycles. The highest BCUT2D eigenvalue weighted by Gasteiger charge is 2.51. The number of amides is 2. The maximum atomic E-state index is 14.0. The fourth-order valence-corrected chi connectivity index (χ4v) is 6.68. The summed E-state index contributed by atoms with van der Waals surface area (Å²) >= 11 is 0. The monoisotopic (exact) mass is 494 g/mol. The Morgan fingerprint density at radius 1 is 1.17 bits per heavy atom. The molecule has 6 nitrogen and oxygen atoms in total. The minimum atomic E-state index is -4.45. The van der Waals surface area contributed by atoms with E-state index in [4.69, 9.17) is 0 Å². The zero-order valence-electron chi connectivity index (χ0n) is 21.4. The minimum Gasteiger partial charge on any atom is -0.337 e. The first-order valence-electron chi connectivity index (χ1n) is 12.7. The number of nitrogens with zero attached hydrogens (tertiary/aromatic N) is 4. The lowest BCUT2D eigenvalue weighted by Crippen LogP contribution is -2.60. The zero-order chi connectivity index (χ0) is 25.7. The summed E-state index contributed by atoms with van der Waals surface area (Å²) in [6, 6.07) is 1.65. The molecule has 1 aromatic rings. The van der Waals surface area contributed by atoms with Gasteiger partial charge in [-0.2, -0.15) is 13.2 Å². The highest BCUT2D eigenvalue weighted by Crippen LogP contribution is 2.48. The first-order valence-corrected chi connectivity index (χ1v) is 12.7. The number of rotatable bonds is 3. The van der Waals surface area contributed by atoms with Crippen molar-refractivity contribution in [3.8, 4) is 0 Å². The van der Waals surface area contributed by atoms with Gasteiger partial charge in [-0.25, -0.2) is 0 Å². The molecule has 3 heterocycles. The van der Waals surface area contributed by atoms with Crippen molar-refractivity contribution in [3.63, 3.8) is 0 Å². The van der Waals surface area contributed by atoms with Crippen molar-refractivity contribution in [2.24, 2.45) is 11.3 Å². The predicted molar refractivity (Wildman–Crippen MR) is 126 cm³/mol. The number of piperazine rings is 1. The van der Waals surface area contributed by atoms with E-state index < -0.39 is 17.2 Å². The minimum absolute atomic E-state index is 0.0570. The molecule has 0 radical (unpaired) electrons. The number of aromatic nitrogens is 1. The van der Waals surface area contributed by atoms with E-state index in [-0.39, 0.29) is 42.4 Å². The van der Waals surface area contributed by atoms with E-state index in [1.54, 1.807) is 11.8 Å². The predicted octanol–water partition coefficient (Wildman–Crippen LogP) is 4.12. The zero-order valence-corrected chi connectivity index (χ0v) is 21.4. The van der Waals surface area contributed by atoms with Crippen molar-refractivity contribution in [2.75, 3.05) is 19.6 Å². The van der Waals surface area contributed by atoms with Crippen LogP contribution in [0, 0.1) is 11.3 Å². The van der Waals surface area contributed by atoms with Crippen molar-refractivity contribution in [3.05, 3.63) is 29.1 Å². The summed E-state index contributed by atoms with van der Waals surface area (Å²) in [5.74, 6) is 0.271. The average molecular weight is 495 g/mol. The van der Waals surface area contributed by atoms with Crippen LogP contribution in [0.1, 0.15) is 70.7 Å². The Bertz CT molecular complexity index is 970.